The molecule has 6 heteroatoms. The highest BCUT2D eigenvalue weighted by Gasteiger charge is 2.13. The Morgan fingerprint density at radius 1 is 1.12 bits per heavy atom. The van der Waals surface area contributed by atoms with E-state index in [2.05, 4.69) is 17.2 Å². The molecule has 1 N–H and O–H groups in total. The molecular formula is C19H21N3O3. The van der Waals surface area contributed by atoms with Gasteiger partial charge in [-0.15, -0.1) is 0 Å². The lowest BCUT2D eigenvalue weighted by Gasteiger charge is -2.11. The Balaban J connectivity index is 1.72. The number of carbonyl (C=O) groups excluding carboxylic acids is 1. The molecule has 0 spiro atoms. The summed E-state index contributed by atoms with van der Waals surface area (Å²) in [7, 11) is 1.56. The number of methoxy groups -OCH3 is 1. The maximum Gasteiger partial charge on any atom is 0.264 e. The van der Waals surface area contributed by atoms with Gasteiger partial charge in [0.15, 0.2) is 18.1 Å². The summed E-state index contributed by atoms with van der Waals surface area (Å²) < 4.78 is 12.8. The van der Waals surface area contributed by atoms with Gasteiger partial charge in [-0.1, -0.05) is 31.2 Å². The Bertz CT molecular complexity index is 873. The summed E-state index contributed by atoms with van der Waals surface area (Å²) in [6, 6.07) is 15.1. The third kappa shape index (κ3) is 3.74. The first-order valence-corrected chi connectivity index (χ1v) is 8.24. The number of hydrogen-bond donors (Lipinski definition) is 1. The standard InChI is InChI=1S/C19H21N3O3/c1-3-12-22-15-9-5-4-8-14(15)20-19(22)21-18(23)13-25-17-11-7-6-10-16(17)24-2/h4-11H,3,12-13H2,1-2H3,(H,20,21,23). The molecule has 0 aliphatic rings. The number of aryl methyl sites for hydroxylation is 1. The number of aromatic nitrogens is 2. The largest absolute Gasteiger partial charge is 0.493 e. The van der Waals surface area contributed by atoms with Crippen molar-refractivity contribution in [1.82, 2.24) is 9.55 Å². The van der Waals surface area contributed by atoms with Crippen molar-refractivity contribution in [2.24, 2.45) is 0 Å². The highest BCUT2D eigenvalue weighted by atomic mass is 16.5. The smallest absolute Gasteiger partial charge is 0.264 e. The number of anilines is 1. The van der Waals surface area contributed by atoms with Crippen LogP contribution in [0.3, 0.4) is 0 Å². The van der Waals surface area contributed by atoms with Gasteiger partial charge in [0, 0.05) is 6.54 Å². The molecular weight excluding hydrogens is 318 g/mol. The van der Waals surface area contributed by atoms with E-state index in [1.807, 2.05) is 41.0 Å². The van der Waals surface area contributed by atoms with Crippen molar-refractivity contribution >= 4 is 22.9 Å². The molecule has 0 saturated carbocycles. The van der Waals surface area contributed by atoms with Gasteiger partial charge in [-0.25, -0.2) is 4.98 Å². The summed E-state index contributed by atoms with van der Waals surface area (Å²) in [6.45, 7) is 2.75. The molecule has 0 saturated heterocycles. The van der Waals surface area contributed by atoms with Crippen LogP contribution in [0.1, 0.15) is 13.3 Å². The number of para-hydroxylation sites is 4. The lowest BCUT2D eigenvalue weighted by atomic mass is 10.3. The number of nitrogens with one attached hydrogen (secondary N) is 1. The van der Waals surface area contributed by atoms with E-state index < -0.39 is 0 Å². The molecule has 130 valence electrons. The van der Waals surface area contributed by atoms with Crippen molar-refractivity contribution in [2.75, 3.05) is 19.0 Å². The monoisotopic (exact) mass is 339 g/mol. The quantitative estimate of drug-likeness (QED) is 0.716. The van der Waals surface area contributed by atoms with E-state index in [1.54, 1.807) is 19.2 Å². The highest BCUT2D eigenvalue weighted by Crippen LogP contribution is 2.25. The van der Waals surface area contributed by atoms with Crippen molar-refractivity contribution in [2.45, 2.75) is 19.9 Å². The topological polar surface area (TPSA) is 65.4 Å². The second-order valence-electron chi connectivity index (χ2n) is 5.56. The third-order valence-electron chi connectivity index (χ3n) is 3.78. The summed E-state index contributed by atoms with van der Waals surface area (Å²) in [5.41, 5.74) is 1.86. The van der Waals surface area contributed by atoms with E-state index in [1.165, 1.54) is 0 Å². The zero-order valence-corrected chi connectivity index (χ0v) is 14.4. The number of ether oxygens (including phenoxy) is 2. The molecule has 6 nitrogen and oxygen atoms in total. The molecule has 0 aliphatic carbocycles. The van der Waals surface area contributed by atoms with E-state index in [-0.39, 0.29) is 12.5 Å². The fraction of sp³-hybridized carbons (Fsp3) is 0.263. The lowest BCUT2D eigenvalue weighted by molar-refractivity contribution is -0.118. The highest BCUT2D eigenvalue weighted by molar-refractivity contribution is 5.92. The Morgan fingerprint density at radius 2 is 1.84 bits per heavy atom. The number of rotatable bonds is 7. The van der Waals surface area contributed by atoms with Gasteiger partial charge < -0.3 is 14.0 Å². The fourth-order valence-corrected chi connectivity index (χ4v) is 2.66. The van der Waals surface area contributed by atoms with Crippen LogP contribution in [0.15, 0.2) is 48.5 Å². The minimum absolute atomic E-state index is 0.115. The lowest BCUT2D eigenvalue weighted by Crippen LogP contribution is -2.22. The van der Waals surface area contributed by atoms with Crippen LogP contribution in [0, 0.1) is 0 Å². The average molecular weight is 339 g/mol. The summed E-state index contributed by atoms with van der Waals surface area (Å²) in [5, 5.41) is 2.84. The molecule has 25 heavy (non-hydrogen) atoms. The normalized spacial score (nSPS) is 10.6. The molecule has 0 bridgehead atoms. The predicted molar refractivity (Wildman–Crippen MR) is 97.1 cm³/mol. The zero-order chi connectivity index (χ0) is 17.6. The van der Waals surface area contributed by atoms with Crippen molar-refractivity contribution in [3.05, 3.63) is 48.5 Å². The molecule has 0 radical (unpaired) electrons. The van der Waals surface area contributed by atoms with Crippen LogP contribution in [0.25, 0.3) is 11.0 Å². The van der Waals surface area contributed by atoms with Gasteiger partial charge in [0.25, 0.3) is 5.91 Å². The molecule has 1 heterocycles. The summed E-state index contributed by atoms with van der Waals surface area (Å²) in [5.74, 6) is 1.39. The summed E-state index contributed by atoms with van der Waals surface area (Å²) in [4.78, 5) is 16.8. The minimum Gasteiger partial charge on any atom is -0.493 e. The number of carbonyl (C=O) groups is 1. The van der Waals surface area contributed by atoms with Gasteiger partial charge in [-0.2, -0.15) is 0 Å². The molecule has 3 rings (SSSR count). The van der Waals surface area contributed by atoms with E-state index in [4.69, 9.17) is 9.47 Å². The number of fused-ring (bicyclic) bond motifs is 1. The SMILES string of the molecule is CCCn1c(NC(=O)COc2ccccc2OC)nc2ccccc21. The van der Waals surface area contributed by atoms with Gasteiger partial charge in [-0.05, 0) is 30.7 Å². The van der Waals surface area contributed by atoms with Gasteiger partial charge in [0.1, 0.15) is 0 Å². The first kappa shape index (κ1) is 16.8. The fourth-order valence-electron chi connectivity index (χ4n) is 2.66. The molecule has 0 fully saturated rings. The van der Waals surface area contributed by atoms with E-state index in [9.17, 15) is 4.79 Å². The molecule has 2 aromatic carbocycles. The van der Waals surface area contributed by atoms with Crippen LogP contribution in [-0.4, -0.2) is 29.2 Å². The minimum atomic E-state index is -0.265. The van der Waals surface area contributed by atoms with Gasteiger partial charge in [0.05, 0.1) is 18.1 Å². The Hall–Kier alpha value is -3.02. The van der Waals surface area contributed by atoms with Crippen molar-refractivity contribution in [3.63, 3.8) is 0 Å². The van der Waals surface area contributed by atoms with Crippen LogP contribution in [-0.2, 0) is 11.3 Å². The number of amides is 1. The van der Waals surface area contributed by atoms with E-state index in [0.717, 1.165) is 24.0 Å². The van der Waals surface area contributed by atoms with Crippen LogP contribution >= 0.6 is 0 Å². The van der Waals surface area contributed by atoms with Crippen LogP contribution in [0.2, 0.25) is 0 Å². The summed E-state index contributed by atoms with van der Waals surface area (Å²) >= 11 is 0. The van der Waals surface area contributed by atoms with Gasteiger partial charge in [-0.3, -0.25) is 10.1 Å². The first-order chi connectivity index (χ1) is 12.2. The molecule has 3 aromatic rings. The summed E-state index contributed by atoms with van der Waals surface area (Å²) in [6.07, 6.45) is 0.945. The van der Waals surface area contributed by atoms with Crippen molar-refractivity contribution in [3.8, 4) is 11.5 Å². The van der Waals surface area contributed by atoms with Gasteiger partial charge >= 0.3 is 0 Å². The Labute approximate surface area is 146 Å². The zero-order valence-electron chi connectivity index (χ0n) is 14.4. The van der Waals surface area contributed by atoms with Crippen molar-refractivity contribution < 1.29 is 14.3 Å². The second kappa shape index (κ2) is 7.70. The Morgan fingerprint density at radius 3 is 2.60 bits per heavy atom. The van der Waals surface area contributed by atoms with E-state index >= 15 is 0 Å². The second-order valence-corrected chi connectivity index (χ2v) is 5.56. The van der Waals surface area contributed by atoms with Crippen LogP contribution < -0.4 is 14.8 Å². The third-order valence-corrected chi connectivity index (χ3v) is 3.78. The molecule has 1 amide bonds. The first-order valence-electron chi connectivity index (χ1n) is 8.24. The number of hydrogen-bond acceptors (Lipinski definition) is 4. The van der Waals surface area contributed by atoms with Crippen LogP contribution in [0.4, 0.5) is 5.95 Å². The number of imidazole rings is 1. The predicted octanol–water partition coefficient (Wildman–Crippen LogP) is 3.47. The Kier molecular flexibility index (Phi) is 5.18. The molecule has 1 aromatic heterocycles. The number of benzene rings is 2. The maximum absolute atomic E-state index is 12.3. The average Bonchev–Trinajstić information content (AvgIpc) is 2.98. The van der Waals surface area contributed by atoms with Crippen LogP contribution in [0.5, 0.6) is 11.5 Å². The maximum atomic E-state index is 12.3. The van der Waals surface area contributed by atoms with E-state index in [0.29, 0.717) is 17.4 Å². The molecule has 0 unspecified atom stereocenters. The molecule has 0 atom stereocenters. The number of nitrogens with zero attached hydrogens (tertiary/aromatic N) is 2. The van der Waals surface area contributed by atoms with Crippen molar-refractivity contribution in [1.29, 1.82) is 0 Å². The van der Waals surface area contributed by atoms with Gasteiger partial charge in [0.2, 0.25) is 5.95 Å². The molecule has 0 aliphatic heterocycles.